The van der Waals surface area contributed by atoms with Crippen LogP contribution >= 0.6 is 0 Å². The predicted molar refractivity (Wildman–Crippen MR) is 99.2 cm³/mol. The largest absolute Gasteiger partial charge is 0.508 e. The van der Waals surface area contributed by atoms with E-state index in [1.807, 2.05) is 6.07 Å². The molecule has 0 radical (unpaired) electrons. The molecule has 4 aliphatic heterocycles. The normalized spacial score (nSPS) is 34.2. The maximum atomic E-state index is 13.2. The lowest BCUT2D eigenvalue weighted by atomic mass is 9.71. The number of fused-ring (bicyclic) bond motifs is 8. The van der Waals surface area contributed by atoms with Crippen molar-refractivity contribution < 1.29 is 29.4 Å². The number of ether oxygens (including phenoxy) is 1. The van der Waals surface area contributed by atoms with Gasteiger partial charge in [0.15, 0.2) is 6.10 Å². The number of anilines is 1. The molecule has 0 saturated carbocycles. The van der Waals surface area contributed by atoms with Crippen LogP contribution in [0.25, 0.3) is 0 Å². The summed E-state index contributed by atoms with van der Waals surface area (Å²) in [5.74, 6) is -2.31. The smallest absolute Gasteiger partial charge is 0.240 e. The van der Waals surface area contributed by atoms with Gasteiger partial charge in [0.05, 0.1) is 35.3 Å². The van der Waals surface area contributed by atoms with Crippen LogP contribution in [0.15, 0.2) is 53.7 Å². The first-order chi connectivity index (χ1) is 14.0. The van der Waals surface area contributed by atoms with Gasteiger partial charge in [-0.1, -0.05) is 23.4 Å². The summed E-state index contributed by atoms with van der Waals surface area (Å²) in [6.07, 6.45) is -1.59. The van der Waals surface area contributed by atoms with E-state index in [9.17, 15) is 19.8 Å². The first-order valence-electron chi connectivity index (χ1n) is 9.40. The molecular weight excluding hydrogens is 376 g/mol. The average Bonchev–Trinajstić information content (AvgIpc) is 3.42. The van der Waals surface area contributed by atoms with Gasteiger partial charge in [-0.15, -0.1) is 0 Å². The second-order valence-electron chi connectivity index (χ2n) is 7.77. The van der Waals surface area contributed by atoms with Crippen molar-refractivity contribution in [2.24, 2.45) is 22.9 Å². The van der Waals surface area contributed by atoms with Gasteiger partial charge in [0.2, 0.25) is 11.8 Å². The third-order valence-corrected chi connectivity index (χ3v) is 6.25. The molecule has 8 heteroatoms. The fraction of sp³-hybridized carbons (Fsp3) is 0.286. The number of carbonyl (C=O) groups is 2. The van der Waals surface area contributed by atoms with Crippen LogP contribution in [0.5, 0.6) is 11.5 Å². The monoisotopic (exact) mass is 392 g/mol. The quantitative estimate of drug-likeness (QED) is 0.748. The summed E-state index contributed by atoms with van der Waals surface area (Å²) in [4.78, 5) is 33.1. The molecule has 0 unspecified atom stereocenters. The Morgan fingerprint density at radius 3 is 2.17 bits per heavy atom. The highest BCUT2D eigenvalue weighted by atomic mass is 16.7. The van der Waals surface area contributed by atoms with Gasteiger partial charge in [-0.05, 0) is 24.3 Å². The summed E-state index contributed by atoms with van der Waals surface area (Å²) in [6, 6.07) is 13.0. The molecule has 0 spiro atoms. The third-order valence-electron chi connectivity index (χ3n) is 6.25. The lowest BCUT2D eigenvalue weighted by molar-refractivity contribution is -0.125. The number of imide groups is 1. The number of para-hydroxylation sites is 1. The maximum absolute atomic E-state index is 13.2. The first kappa shape index (κ1) is 16.6. The highest BCUT2D eigenvalue weighted by Crippen LogP contribution is 2.55. The molecule has 4 aliphatic rings. The van der Waals surface area contributed by atoms with Crippen molar-refractivity contribution in [1.29, 1.82) is 0 Å². The molecule has 2 N–H and O–H groups in total. The summed E-state index contributed by atoms with van der Waals surface area (Å²) in [6.45, 7) is 0. The second kappa shape index (κ2) is 5.57. The number of phenols is 2. The van der Waals surface area contributed by atoms with E-state index in [0.717, 1.165) is 0 Å². The van der Waals surface area contributed by atoms with E-state index >= 15 is 0 Å². The number of rotatable bonds is 2. The zero-order valence-corrected chi connectivity index (χ0v) is 15.0. The number of carbonyl (C=O) groups excluding carboxylic acids is 2. The first-order valence-corrected chi connectivity index (χ1v) is 9.40. The molecule has 8 nitrogen and oxygen atoms in total. The molecule has 6 rings (SSSR count). The Morgan fingerprint density at radius 1 is 0.828 bits per heavy atom. The van der Waals surface area contributed by atoms with Crippen molar-refractivity contribution in [3.8, 4) is 11.5 Å². The summed E-state index contributed by atoms with van der Waals surface area (Å²) < 4.78 is 6.04. The van der Waals surface area contributed by atoms with Crippen molar-refractivity contribution in [2.45, 2.75) is 18.3 Å². The number of phenolic OH excluding ortho intramolecular Hbond substituents is 2. The zero-order valence-electron chi connectivity index (χ0n) is 15.0. The molecule has 29 heavy (non-hydrogen) atoms. The van der Waals surface area contributed by atoms with Crippen molar-refractivity contribution in [3.05, 3.63) is 54.1 Å². The number of hydrogen-bond acceptors (Lipinski definition) is 7. The molecular formula is C21H16N2O6. The maximum Gasteiger partial charge on any atom is 0.240 e. The van der Waals surface area contributed by atoms with Crippen molar-refractivity contribution in [1.82, 2.24) is 0 Å². The summed E-state index contributed by atoms with van der Waals surface area (Å²) in [7, 11) is 0. The Labute approximate surface area is 164 Å². The molecule has 0 aliphatic carbocycles. The fourth-order valence-electron chi connectivity index (χ4n) is 5.17. The van der Waals surface area contributed by atoms with Gasteiger partial charge in [0.1, 0.15) is 17.6 Å². The minimum Gasteiger partial charge on any atom is -0.508 e. The second-order valence-corrected chi connectivity index (χ2v) is 7.77. The Morgan fingerprint density at radius 2 is 1.48 bits per heavy atom. The lowest BCUT2D eigenvalue weighted by Crippen LogP contribution is -2.45. The standard InChI is InChI=1S/C21H16N2O6/c24-11-6-9(7-12(25)8-11)16-15-17-13-14(18(28-17)19(15)29-22-16)21(27)23(20(13)26)10-4-2-1-3-5-10/h1-8,13-15,17-19,24-25H/t13-,14+,15-,17-,18+,19-/m1/s1. The predicted octanol–water partition coefficient (Wildman–Crippen LogP) is 1.40. The Hall–Kier alpha value is -3.39. The molecule has 2 amide bonds. The number of oxime groups is 1. The molecule has 2 bridgehead atoms. The van der Waals surface area contributed by atoms with Gasteiger partial charge in [-0.2, -0.15) is 0 Å². The summed E-state index contributed by atoms with van der Waals surface area (Å²) in [5, 5.41) is 23.8. The summed E-state index contributed by atoms with van der Waals surface area (Å²) in [5.41, 5.74) is 1.55. The van der Waals surface area contributed by atoms with E-state index in [2.05, 4.69) is 5.16 Å². The Bertz CT molecular complexity index is 1060. The van der Waals surface area contributed by atoms with Gasteiger partial charge >= 0.3 is 0 Å². The topological polar surface area (TPSA) is 109 Å². The van der Waals surface area contributed by atoms with E-state index in [-0.39, 0.29) is 29.2 Å². The van der Waals surface area contributed by atoms with Crippen molar-refractivity contribution in [3.63, 3.8) is 0 Å². The van der Waals surface area contributed by atoms with Gasteiger partial charge in [0.25, 0.3) is 0 Å². The molecule has 6 atom stereocenters. The van der Waals surface area contributed by atoms with Crippen LogP contribution in [0.3, 0.4) is 0 Å². The minimum atomic E-state index is -0.605. The van der Waals surface area contributed by atoms with Gasteiger partial charge in [-0.3, -0.25) is 9.59 Å². The van der Waals surface area contributed by atoms with Crippen LogP contribution in [-0.4, -0.2) is 46.1 Å². The Kier molecular flexibility index (Phi) is 3.18. The van der Waals surface area contributed by atoms with Crippen molar-refractivity contribution >= 4 is 23.2 Å². The van der Waals surface area contributed by atoms with E-state index in [1.54, 1.807) is 24.3 Å². The lowest BCUT2D eigenvalue weighted by Gasteiger charge is -2.26. The molecule has 0 aromatic heterocycles. The minimum absolute atomic E-state index is 0.101. The molecule has 4 heterocycles. The van der Waals surface area contributed by atoms with E-state index in [4.69, 9.17) is 9.57 Å². The fourth-order valence-corrected chi connectivity index (χ4v) is 5.17. The highest BCUT2D eigenvalue weighted by molar-refractivity contribution is 6.23. The van der Waals surface area contributed by atoms with Crippen LogP contribution in [0.1, 0.15) is 5.56 Å². The van der Waals surface area contributed by atoms with Crippen LogP contribution in [-0.2, 0) is 19.2 Å². The molecule has 3 fully saturated rings. The molecule has 2 aromatic carbocycles. The zero-order chi connectivity index (χ0) is 19.9. The summed E-state index contributed by atoms with van der Waals surface area (Å²) >= 11 is 0. The number of aromatic hydroxyl groups is 2. The van der Waals surface area contributed by atoms with Crippen LogP contribution < -0.4 is 4.90 Å². The van der Waals surface area contributed by atoms with E-state index < -0.39 is 30.1 Å². The average molecular weight is 392 g/mol. The number of benzene rings is 2. The number of amides is 2. The van der Waals surface area contributed by atoms with Crippen molar-refractivity contribution in [2.75, 3.05) is 4.90 Å². The Balaban J connectivity index is 1.37. The third kappa shape index (κ3) is 2.09. The molecule has 2 aromatic rings. The van der Waals surface area contributed by atoms with Gasteiger partial charge in [-0.25, -0.2) is 4.90 Å². The molecule has 3 saturated heterocycles. The molecule has 146 valence electrons. The van der Waals surface area contributed by atoms with Gasteiger partial charge in [0, 0.05) is 11.6 Å². The number of hydrogen-bond donors (Lipinski definition) is 2. The van der Waals surface area contributed by atoms with E-state index in [0.29, 0.717) is 17.0 Å². The highest BCUT2D eigenvalue weighted by Gasteiger charge is 2.72. The van der Waals surface area contributed by atoms with E-state index in [1.165, 1.54) is 23.1 Å². The van der Waals surface area contributed by atoms with Crippen LogP contribution in [0, 0.1) is 17.8 Å². The SMILES string of the molecule is O=C1[C@@H]2[C@@H]3O[C@@H]([C@H]4C(c5cc(O)cc(O)c5)=NO[C@@H]34)[C@@H]2C(=O)N1c1ccccc1. The van der Waals surface area contributed by atoms with Gasteiger partial charge < -0.3 is 19.8 Å². The van der Waals surface area contributed by atoms with Crippen LogP contribution in [0.4, 0.5) is 5.69 Å². The van der Waals surface area contributed by atoms with Crippen LogP contribution in [0.2, 0.25) is 0 Å². The number of nitrogens with zero attached hydrogens (tertiary/aromatic N) is 2.